The van der Waals surface area contributed by atoms with Gasteiger partial charge in [0, 0.05) is 18.0 Å². The third kappa shape index (κ3) is 2.09. The van der Waals surface area contributed by atoms with Gasteiger partial charge >= 0.3 is 0 Å². The van der Waals surface area contributed by atoms with Crippen LogP contribution in [-0.2, 0) is 0 Å². The predicted molar refractivity (Wildman–Crippen MR) is 60.4 cm³/mol. The SMILES string of the molecule is CCC1NC(C)CC1c1ccc(F)c(F)c1. The van der Waals surface area contributed by atoms with Crippen LogP contribution in [0.2, 0.25) is 0 Å². The van der Waals surface area contributed by atoms with Crippen LogP contribution in [0, 0.1) is 11.6 Å². The summed E-state index contributed by atoms with van der Waals surface area (Å²) in [6.07, 6.45) is 2.00. The van der Waals surface area contributed by atoms with Crippen molar-refractivity contribution in [3.63, 3.8) is 0 Å². The Balaban J connectivity index is 2.26. The van der Waals surface area contributed by atoms with Crippen molar-refractivity contribution in [2.24, 2.45) is 0 Å². The molecule has 1 fully saturated rings. The van der Waals surface area contributed by atoms with Crippen LogP contribution >= 0.6 is 0 Å². The molecule has 0 saturated carbocycles. The minimum Gasteiger partial charge on any atom is -0.311 e. The third-order valence-electron chi connectivity index (χ3n) is 3.40. The maximum absolute atomic E-state index is 13.2. The van der Waals surface area contributed by atoms with Crippen LogP contribution in [0.1, 0.15) is 38.2 Å². The van der Waals surface area contributed by atoms with Gasteiger partial charge in [-0.05, 0) is 37.5 Å². The summed E-state index contributed by atoms with van der Waals surface area (Å²) in [4.78, 5) is 0. The van der Waals surface area contributed by atoms with Crippen LogP contribution in [0.3, 0.4) is 0 Å². The lowest BCUT2D eigenvalue weighted by atomic mass is 9.89. The molecule has 16 heavy (non-hydrogen) atoms. The molecular formula is C13H17F2N. The minimum atomic E-state index is -0.768. The summed E-state index contributed by atoms with van der Waals surface area (Å²) in [5, 5.41) is 3.47. The van der Waals surface area contributed by atoms with Gasteiger partial charge in [-0.3, -0.25) is 0 Å². The molecule has 0 aromatic heterocycles. The predicted octanol–water partition coefficient (Wildman–Crippen LogP) is 3.21. The van der Waals surface area contributed by atoms with Gasteiger partial charge in [-0.2, -0.15) is 0 Å². The molecule has 1 nitrogen and oxygen atoms in total. The van der Waals surface area contributed by atoms with Gasteiger partial charge in [0.05, 0.1) is 0 Å². The summed E-state index contributed by atoms with van der Waals surface area (Å²) < 4.78 is 26.0. The average molecular weight is 225 g/mol. The highest BCUT2D eigenvalue weighted by Gasteiger charge is 2.31. The van der Waals surface area contributed by atoms with E-state index in [-0.39, 0.29) is 0 Å². The Morgan fingerprint density at radius 3 is 2.69 bits per heavy atom. The van der Waals surface area contributed by atoms with Crippen LogP contribution in [0.15, 0.2) is 18.2 Å². The van der Waals surface area contributed by atoms with E-state index in [1.807, 2.05) is 0 Å². The highest BCUT2D eigenvalue weighted by Crippen LogP contribution is 2.32. The molecule has 1 saturated heterocycles. The molecule has 1 aromatic rings. The lowest BCUT2D eigenvalue weighted by Crippen LogP contribution is -2.28. The second-order valence-corrected chi connectivity index (χ2v) is 4.60. The molecule has 1 N–H and O–H groups in total. The zero-order valence-electron chi connectivity index (χ0n) is 9.63. The van der Waals surface area contributed by atoms with Gasteiger partial charge < -0.3 is 5.32 Å². The van der Waals surface area contributed by atoms with Gasteiger partial charge in [-0.25, -0.2) is 8.78 Å². The van der Waals surface area contributed by atoms with Crippen molar-refractivity contribution in [3.8, 4) is 0 Å². The Labute approximate surface area is 94.9 Å². The standard InChI is InChI=1S/C13H17F2N/c1-3-13-10(6-8(2)16-13)9-4-5-11(14)12(15)7-9/h4-5,7-8,10,13,16H,3,6H2,1-2H3. The van der Waals surface area contributed by atoms with Crippen molar-refractivity contribution in [2.75, 3.05) is 0 Å². The number of nitrogens with one attached hydrogen (secondary N) is 1. The van der Waals surface area contributed by atoms with Crippen molar-refractivity contribution < 1.29 is 8.78 Å². The van der Waals surface area contributed by atoms with Crippen molar-refractivity contribution in [1.82, 2.24) is 5.32 Å². The van der Waals surface area contributed by atoms with Gasteiger partial charge in [0.2, 0.25) is 0 Å². The largest absolute Gasteiger partial charge is 0.311 e. The van der Waals surface area contributed by atoms with Gasteiger partial charge in [-0.15, -0.1) is 0 Å². The topological polar surface area (TPSA) is 12.0 Å². The van der Waals surface area contributed by atoms with Gasteiger partial charge in [0.1, 0.15) is 0 Å². The third-order valence-corrected chi connectivity index (χ3v) is 3.40. The first-order chi connectivity index (χ1) is 7.61. The highest BCUT2D eigenvalue weighted by atomic mass is 19.2. The Bertz CT molecular complexity index is 378. The van der Waals surface area contributed by atoms with Crippen molar-refractivity contribution in [2.45, 2.75) is 44.7 Å². The fourth-order valence-electron chi connectivity index (χ4n) is 2.61. The van der Waals surface area contributed by atoms with Gasteiger partial charge in [0.25, 0.3) is 0 Å². The molecule has 0 amide bonds. The Morgan fingerprint density at radius 2 is 2.06 bits per heavy atom. The molecule has 3 atom stereocenters. The fourth-order valence-corrected chi connectivity index (χ4v) is 2.61. The molecule has 0 bridgehead atoms. The Kier molecular flexibility index (Phi) is 3.24. The molecule has 1 aliphatic rings. The lowest BCUT2D eigenvalue weighted by Gasteiger charge is -2.18. The van der Waals surface area contributed by atoms with E-state index < -0.39 is 11.6 Å². The van der Waals surface area contributed by atoms with Crippen molar-refractivity contribution in [3.05, 3.63) is 35.4 Å². The summed E-state index contributed by atoms with van der Waals surface area (Å²) in [5.74, 6) is -1.21. The molecule has 2 rings (SSSR count). The summed E-state index contributed by atoms with van der Waals surface area (Å²) in [6.45, 7) is 4.24. The zero-order valence-corrected chi connectivity index (χ0v) is 9.63. The van der Waals surface area contributed by atoms with E-state index in [0.717, 1.165) is 18.4 Å². The van der Waals surface area contributed by atoms with E-state index in [1.54, 1.807) is 6.07 Å². The Morgan fingerprint density at radius 1 is 1.31 bits per heavy atom. The number of hydrogen-bond donors (Lipinski definition) is 1. The van der Waals surface area contributed by atoms with Crippen LogP contribution in [0.5, 0.6) is 0 Å². The minimum absolute atomic E-state index is 0.301. The zero-order chi connectivity index (χ0) is 11.7. The number of halogens is 2. The molecule has 0 spiro atoms. The van der Waals surface area contributed by atoms with E-state index in [1.165, 1.54) is 12.1 Å². The molecule has 1 aliphatic heterocycles. The van der Waals surface area contributed by atoms with Crippen molar-refractivity contribution in [1.29, 1.82) is 0 Å². The first-order valence-electron chi connectivity index (χ1n) is 5.82. The lowest BCUT2D eigenvalue weighted by molar-refractivity contribution is 0.494. The van der Waals surface area contributed by atoms with Crippen LogP contribution < -0.4 is 5.32 Å². The van der Waals surface area contributed by atoms with E-state index in [9.17, 15) is 8.78 Å². The molecule has 3 unspecified atom stereocenters. The van der Waals surface area contributed by atoms with E-state index in [0.29, 0.717) is 18.0 Å². The number of rotatable bonds is 2. The summed E-state index contributed by atoms with van der Waals surface area (Å²) in [5.41, 5.74) is 0.905. The average Bonchev–Trinajstić information content (AvgIpc) is 2.63. The number of benzene rings is 1. The molecule has 3 heteroatoms. The van der Waals surface area contributed by atoms with Crippen LogP contribution in [0.4, 0.5) is 8.78 Å². The summed E-state index contributed by atoms with van der Waals surface area (Å²) in [7, 11) is 0. The van der Waals surface area contributed by atoms with Gasteiger partial charge in [0.15, 0.2) is 11.6 Å². The second-order valence-electron chi connectivity index (χ2n) is 4.60. The first kappa shape index (κ1) is 11.5. The van der Waals surface area contributed by atoms with Crippen molar-refractivity contribution >= 4 is 0 Å². The molecule has 1 aromatic carbocycles. The van der Waals surface area contributed by atoms with Gasteiger partial charge in [-0.1, -0.05) is 13.0 Å². The Hall–Kier alpha value is -0.960. The van der Waals surface area contributed by atoms with Crippen LogP contribution in [-0.4, -0.2) is 12.1 Å². The fraction of sp³-hybridized carbons (Fsp3) is 0.538. The van der Waals surface area contributed by atoms with E-state index >= 15 is 0 Å². The maximum Gasteiger partial charge on any atom is 0.159 e. The van der Waals surface area contributed by atoms with E-state index in [2.05, 4.69) is 19.2 Å². The normalized spacial score (nSPS) is 29.6. The van der Waals surface area contributed by atoms with E-state index in [4.69, 9.17) is 0 Å². The monoisotopic (exact) mass is 225 g/mol. The first-order valence-corrected chi connectivity index (χ1v) is 5.82. The smallest absolute Gasteiger partial charge is 0.159 e. The second kappa shape index (κ2) is 4.50. The van der Waals surface area contributed by atoms with Crippen LogP contribution in [0.25, 0.3) is 0 Å². The molecular weight excluding hydrogens is 208 g/mol. The summed E-state index contributed by atoms with van der Waals surface area (Å²) >= 11 is 0. The highest BCUT2D eigenvalue weighted by molar-refractivity contribution is 5.25. The number of hydrogen-bond acceptors (Lipinski definition) is 1. The maximum atomic E-state index is 13.2. The molecule has 1 heterocycles. The summed E-state index contributed by atoms with van der Waals surface area (Å²) in [6, 6.07) is 5.08. The molecule has 0 aliphatic carbocycles. The quantitative estimate of drug-likeness (QED) is 0.815. The molecule has 0 radical (unpaired) electrons. The molecule has 88 valence electrons.